The molecule has 1 heterocycles. The van der Waals surface area contributed by atoms with Gasteiger partial charge in [-0.1, -0.05) is 0 Å². The fraction of sp³-hybridized carbons (Fsp3) is 0.316. The first-order valence-corrected chi connectivity index (χ1v) is 10.4. The van der Waals surface area contributed by atoms with Crippen LogP contribution in [0.5, 0.6) is 0 Å². The largest absolute Gasteiger partial charge is 0.416 e. The van der Waals surface area contributed by atoms with Gasteiger partial charge in [-0.3, -0.25) is 4.79 Å². The maximum atomic E-state index is 13.4. The van der Waals surface area contributed by atoms with E-state index in [2.05, 4.69) is 5.32 Å². The lowest BCUT2D eigenvalue weighted by Crippen LogP contribution is -2.41. The molecule has 5 nitrogen and oxygen atoms in total. The third-order valence-corrected chi connectivity index (χ3v) is 6.73. The number of benzene rings is 2. The number of halogens is 5. The third kappa shape index (κ3) is 4.78. The zero-order valence-electron chi connectivity index (χ0n) is 15.4. The molecule has 3 rings (SSSR count). The Morgan fingerprint density at radius 3 is 2.10 bits per heavy atom. The van der Waals surface area contributed by atoms with Crippen LogP contribution in [0.1, 0.15) is 18.4 Å². The Morgan fingerprint density at radius 1 is 0.967 bits per heavy atom. The van der Waals surface area contributed by atoms with E-state index in [1.54, 1.807) is 0 Å². The van der Waals surface area contributed by atoms with Crippen LogP contribution in [-0.2, 0) is 21.0 Å². The third-order valence-electron chi connectivity index (χ3n) is 4.83. The average molecular weight is 448 g/mol. The fourth-order valence-corrected chi connectivity index (χ4v) is 4.61. The van der Waals surface area contributed by atoms with Gasteiger partial charge in [0.25, 0.3) is 0 Å². The topological polar surface area (TPSA) is 66.5 Å². The van der Waals surface area contributed by atoms with Gasteiger partial charge in [0.15, 0.2) is 11.6 Å². The number of anilines is 1. The van der Waals surface area contributed by atoms with Crippen molar-refractivity contribution in [3.8, 4) is 0 Å². The standard InChI is InChI=1S/C19H17F5N2O3S/c20-16-6-5-15(11-17(16)21)30(28,29)26-9-7-12(8-10-26)18(27)25-14-3-1-13(2-4-14)19(22,23)24/h1-6,11-12H,7-10H2,(H,25,27). The van der Waals surface area contributed by atoms with Crippen LogP contribution in [-0.4, -0.2) is 31.7 Å². The molecule has 1 N–H and O–H groups in total. The molecule has 0 aromatic heterocycles. The summed E-state index contributed by atoms with van der Waals surface area (Å²) in [4.78, 5) is 12.0. The van der Waals surface area contributed by atoms with Gasteiger partial charge in [0, 0.05) is 24.7 Å². The van der Waals surface area contributed by atoms with E-state index in [1.807, 2.05) is 0 Å². The maximum absolute atomic E-state index is 13.4. The van der Waals surface area contributed by atoms with Gasteiger partial charge in [0.1, 0.15) is 0 Å². The number of rotatable bonds is 4. The lowest BCUT2D eigenvalue weighted by atomic mass is 9.97. The highest BCUT2D eigenvalue weighted by Crippen LogP contribution is 2.30. The summed E-state index contributed by atoms with van der Waals surface area (Å²) in [5.41, 5.74) is -0.638. The molecule has 11 heteroatoms. The maximum Gasteiger partial charge on any atom is 0.416 e. The molecule has 0 saturated carbocycles. The number of piperidine rings is 1. The zero-order chi connectivity index (χ0) is 22.1. The van der Waals surface area contributed by atoms with E-state index in [-0.39, 0.29) is 36.5 Å². The van der Waals surface area contributed by atoms with Crippen LogP contribution in [0.25, 0.3) is 0 Å². The molecular weight excluding hydrogens is 431 g/mol. The number of hydrogen-bond acceptors (Lipinski definition) is 3. The van der Waals surface area contributed by atoms with E-state index in [1.165, 1.54) is 0 Å². The minimum atomic E-state index is -4.48. The molecule has 1 aliphatic rings. The van der Waals surface area contributed by atoms with Crippen LogP contribution in [0.15, 0.2) is 47.4 Å². The molecule has 1 saturated heterocycles. The number of alkyl halides is 3. The van der Waals surface area contributed by atoms with Crippen molar-refractivity contribution in [3.63, 3.8) is 0 Å². The number of carbonyl (C=O) groups excluding carboxylic acids is 1. The highest BCUT2D eigenvalue weighted by molar-refractivity contribution is 7.89. The molecule has 0 spiro atoms. The Balaban J connectivity index is 1.60. The van der Waals surface area contributed by atoms with Gasteiger partial charge in [-0.05, 0) is 55.3 Å². The van der Waals surface area contributed by atoms with Crippen molar-refractivity contribution < 1.29 is 35.2 Å². The summed E-state index contributed by atoms with van der Waals surface area (Å²) >= 11 is 0. The molecule has 1 amide bonds. The first-order valence-electron chi connectivity index (χ1n) is 8.92. The average Bonchev–Trinajstić information content (AvgIpc) is 2.69. The first-order chi connectivity index (χ1) is 14.0. The van der Waals surface area contributed by atoms with Crippen molar-refractivity contribution in [1.29, 1.82) is 0 Å². The van der Waals surface area contributed by atoms with E-state index >= 15 is 0 Å². The highest BCUT2D eigenvalue weighted by Gasteiger charge is 2.33. The van der Waals surface area contributed by atoms with Crippen molar-refractivity contribution in [2.24, 2.45) is 5.92 Å². The van der Waals surface area contributed by atoms with Crippen molar-refractivity contribution in [1.82, 2.24) is 4.31 Å². The number of hydrogen-bond donors (Lipinski definition) is 1. The molecular formula is C19H17F5N2O3S. The van der Waals surface area contributed by atoms with Crippen molar-refractivity contribution in [3.05, 3.63) is 59.7 Å². The second kappa shape index (κ2) is 8.31. The molecule has 0 radical (unpaired) electrons. The van der Waals surface area contributed by atoms with Gasteiger partial charge in [-0.25, -0.2) is 17.2 Å². The summed E-state index contributed by atoms with van der Waals surface area (Å²) in [5.74, 6) is -3.40. The van der Waals surface area contributed by atoms with Gasteiger partial charge >= 0.3 is 6.18 Å². The second-order valence-electron chi connectivity index (χ2n) is 6.82. The number of carbonyl (C=O) groups is 1. The summed E-state index contributed by atoms with van der Waals surface area (Å²) in [5, 5.41) is 2.52. The van der Waals surface area contributed by atoms with E-state index in [0.717, 1.165) is 40.7 Å². The SMILES string of the molecule is O=C(Nc1ccc(C(F)(F)F)cc1)C1CCN(S(=O)(=O)c2ccc(F)c(F)c2)CC1. The van der Waals surface area contributed by atoms with Crippen molar-refractivity contribution in [2.75, 3.05) is 18.4 Å². The van der Waals surface area contributed by atoms with Crippen LogP contribution in [0.4, 0.5) is 27.6 Å². The van der Waals surface area contributed by atoms with E-state index in [0.29, 0.717) is 6.07 Å². The normalized spacial score (nSPS) is 16.4. The summed E-state index contributed by atoms with van der Waals surface area (Å²) in [6, 6.07) is 6.30. The minimum Gasteiger partial charge on any atom is -0.326 e. The number of sulfonamides is 1. The Hall–Kier alpha value is -2.53. The summed E-state index contributed by atoms with van der Waals surface area (Å²) in [7, 11) is -4.04. The lowest BCUT2D eigenvalue weighted by molar-refractivity contribution is -0.137. The van der Waals surface area contributed by atoms with Gasteiger partial charge in [0.2, 0.25) is 15.9 Å². The van der Waals surface area contributed by atoms with Crippen LogP contribution in [0, 0.1) is 17.6 Å². The van der Waals surface area contributed by atoms with Crippen LogP contribution in [0.3, 0.4) is 0 Å². The van der Waals surface area contributed by atoms with Crippen LogP contribution >= 0.6 is 0 Å². The molecule has 0 unspecified atom stereocenters. The molecule has 162 valence electrons. The fourth-order valence-electron chi connectivity index (χ4n) is 3.13. The van der Waals surface area contributed by atoms with Gasteiger partial charge in [-0.2, -0.15) is 17.5 Å². The predicted octanol–water partition coefficient (Wildman–Crippen LogP) is 4.02. The molecule has 1 aliphatic heterocycles. The lowest BCUT2D eigenvalue weighted by Gasteiger charge is -2.30. The van der Waals surface area contributed by atoms with E-state index < -0.39 is 45.2 Å². The van der Waals surface area contributed by atoms with Crippen molar-refractivity contribution in [2.45, 2.75) is 23.9 Å². The summed E-state index contributed by atoms with van der Waals surface area (Å²) < 4.78 is 90.4. The molecule has 2 aromatic carbocycles. The molecule has 0 aliphatic carbocycles. The zero-order valence-corrected chi connectivity index (χ0v) is 16.2. The van der Waals surface area contributed by atoms with Crippen LogP contribution in [0.2, 0.25) is 0 Å². The number of nitrogens with one attached hydrogen (secondary N) is 1. The molecule has 1 fully saturated rings. The van der Waals surface area contributed by atoms with Crippen molar-refractivity contribution >= 4 is 21.6 Å². The van der Waals surface area contributed by atoms with Gasteiger partial charge < -0.3 is 5.32 Å². The highest BCUT2D eigenvalue weighted by atomic mass is 32.2. The van der Waals surface area contributed by atoms with Crippen LogP contribution < -0.4 is 5.32 Å². The predicted molar refractivity (Wildman–Crippen MR) is 97.9 cm³/mol. The molecule has 0 atom stereocenters. The smallest absolute Gasteiger partial charge is 0.326 e. The van der Waals surface area contributed by atoms with Gasteiger partial charge in [0.05, 0.1) is 10.5 Å². The van der Waals surface area contributed by atoms with E-state index in [4.69, 9.17) is 0 Å². The molecule has 0 bridgehead atoms. The molecule has 2 aromatic rings. The van der Waals surface area contributed by atoms with E-state index in [9.17, 15) is 35.2 Å². The monoisotopic (exact) mass is 448 g/mol. The Bertz CT molecular complexity index is 1030. The first kappa shape index (κ1) is 22.2. The minimum absolute atomic E-state index is 0.00751. The summed E-state index contributed by atoms with van der Waals surface area (Å²) in [6.07, 6.45) is -4.13. The Morgan fingerprint density at radius 2 is 1.57 bits per heavy atom. The molecule has 30 heavy (non-hydrogen) atoms. The second-order valence-corrected chi connectivity index (χ2v) is 8.76. The van der Waals surface area contributed by atoms with Gasteiger partial charge in [-0.15, -0.1) is 0 Å². The number of nitrogens with zero attached hydrogens (tertiary/aromatic N) is 1. The Kier molecular flexibility index (Phi) is 6.14. The Labute approximate surface area is 169 Å². The number of amides is 1. The quantitative estimate of drug-likeness (QED) is 0.719. The summed E-state index contributed by atoms with van der Waals surface area (Å²) in [6.45, 7) is -0.0150.